The Morgan fingerprint density at radius 2 is 1.89 bits per heavy atom. The molecule has 1 aliphatic carbocycles. The Kier molecular flexibility index (Phi) is 5.01. The number of hydrogen-bond donors (Lipinski definition) is 2. The highest BCUT2D eigenvalue weighted by molar-refractivity contribution is 9.10. The van der Waals surface area contributed by atoms with Crippen molar-refractivity contribution in [3.8, 4) is 0 Å². The second-order valence-corrected chi connectivity index (χ2v) is 6.20. The normalized spacial score (nSPS) is 17.4. The highest BCUT2D eigenvalue weighted by atomic mass is 79.9. The molecule has 0 amide bonds. The van der Waals surface area contributed by atoms with Crippen molar-refractivity contribution in [2.24, 2.45) is 0 Å². The zero-order chi connectivity index (χ0) is 13.0. The molecule has 0 aliphatic heterocycles. The van der Waals surface area contributed by atoms with Gasteiger partial charge in [-0.3, -0.25) is 0 Å². The summed E-state index contributed by atoms with van der Waals surface area (Å²) in [5, 5.41) is 7.52. The molecule has 2 rings (SSSR count). The van der Waals surface area contributed by atoms with Crippen LogP contribution in [-0.2, 0) is 0 Å². The van der Waals surface area contributed by atoms with Gasteiger partial charge in [-0.25, -0.2) is 0 Å². The average Bonchev–Trinajstić information content (AvgIpc) is 2.82. The van der Waals surface area contributed by atoms with Crippen LogP contribution in [0.2, 0.25) is 0 Å². The van der Waals surface area contributed by atoms with E-state index in [9.17, 15) is 0 Å². The minimum atomic E-state index is 0.236. The number of hydrogen-bond acceptors (Lipinski definition) is 1. The van der Waals surface area contributed by atoms with Gasteiger partial charge in [0.2, 0.25) is 0 Å². The van der Waals surface area contributed by atoms with Crippen LogP contribution in [0.4, 0.5) is 0 Å². The van der Waals surface area contributed by atoms with E-state index in [4.69, 9.17) is 12.2 Å². The van der Waals surface area contributed by atoms with E-state index in [0.717, 1.165) is 9.59 Å². The van der Waals surface area contributed by atoms with Gasteiger partial charge in [0.15, 0.2) is 5.11 Å². The monoisotopic (exact) mass is 326 g/mol. The molecular formula is C14H19BrN2S. The smallest absolute Gasteiger partial charge is 0.166 e. The molecule has 18 heavy (non-hydrogen) atoms. The van der Waals surface area contributed by atoms with Crippen molar-refractivity contribution in [1.82, 2.24) is 10.6 Å². The van der Waals surface area contributed by atoms with E-state index < -0.39 is 0 Å². The van der Waals surface area contributed by atoms with Gasteiger partial charge < -0.3 is 10.6 Å². The summed E-state index contributed by atoms with van der Waals surface area (Å²) < 4.78 is 1.10. The van der Waals surface area contributed by atoms with Crippen LogP contribution in [0.5, 0.6) is 0 Å². The maximum atomic E-state index is 5.36. The molecule has 0 saturated heterocycles. The van der Waals surface area contributed by atoms with Gasteiger partial charge in [0, 0.05) is 10.5 Å². The fraction of sp³-hybridized carbons (Fsp3) is 0.500. The first kappa shape index (κ1) is 13.8. The zero-order valence-electron chi connectivity index (χ0n) is 10.6. The van der Waals surface area contributed by atoms with E-state index in [1.165, 1.54) is 31.2 Å². The van der Waals surface area contributed by atoms with Crippen molar-refractivity contribution in [1.29, 1.82) is 0 Å². The minimum absolute atomic E-state index is 0.236. The van der Waals surface area contributed by atoms with Gasteiger partial charge in [0.05, 0.1) is 6.04 Å². The first-order valence-electron chi connectivity index (χ1n) is 6.47. The summed E-state index contributed by atoms with van der Waals surface area (Å²) in [7, 11) is 0. The summed E-state index contributed by atoms with van der Waals surface area (Å²) in [4.78, 5) is 0. The second kappa shape index (κ2) is 6.53. The average molecular weight is 327 g/mol. The lowest BCUT2D eigenvalue weighted by molar-refractivity contribution is 0.606. The maximum Gasteiger partial charge on any atom is 0.166 e. The third-order valence-electron chi connectivity index (χ3n) is 3.41. The largest absolute Gasteiger partial charge is 0.360 e. The maximum absolute atomic E-state index is 5.36. The summed E-state index contributed by atoms with van der Waals surface area (Å²) in [6.45, 7) is 2.13. The summed E-state index contributed by atoms with van der Waals surface area (Å²) in [6, 6.07) is 9.14. The highest BCUT2D eigenvalue weighted by Gasteiger charge is 2.16. The Hall–Kier alpha value is -0.610. The summed E-state index contributed by atoms with van der Waals surface area (Å²) >= 11 is 8.81. The van der Waals surface area contributed by atoms with E-state index in [-0.39, 0.29) is 6.04 Å². The van der Waals surface area contributed by atoms with E-state index in [1.54, 1.807) is 0 Å². The molecule has 1 saturated carbocycles. The van der Waals surface area contributed by atoms with Gasteiger partial charge >= 0.3 is 0 Å². The Labute approximate surface area is 123 Å². The van der Waals surface area contributed by atoms with Crippen molar-refractivity contribution in [2.45, 2.75) is 44.7 Å². The molecule has 0 spiro atoms. The standard InChI is InChI=1S/C14H19BrN2S/c1-10(11-6-8-12(15)9-7-11)16-14(18)17-13-4-2-3-5-13/h6-10,13H,2-5H2,1H3,(H2,16,17,18). The van der Waals surface area contributed by atoms with Crippen LogP contribution >= 0.6 is 28.1 Å². The van der Waals surface area contributed by atoms with E-state index in [0.29, 0.717) is 6.04 Å². The molecule has 0 radical (unpaired) electrons. The number of nitrogens with one attached hydrogen (secondary N) is 2. The molecule has 1 aromatic carbocycles. The molecule has 2 N–H and O–H groups in total. The Balaban J connectivity index is 1.84. The fourth-order valence-electron chi connectivity index (χ4n) is 2.33. The van der Waals surface area contributed by atoms with E-state index in [1.807, 2.05) is 0 Å². The van der Waals surface area contributed by atoms with Crippen LogP contribution in [0.15, 0.2) is 28.7 Å². The molecule has 1 unspecified atom stereocenters. The fourth-order valence-corrected chi connectivity index (χ4v) is 2.94. The van der Waals surface area contributed by atoms with E-state index in [2.05, 4.69) is 57.8 Å². The predicted molar refractivity (Wildman–Crippen MR) is 83.7 cm³/mol. The highest BCUT2D eigenvalue weighted by Crippen LogP contribution is 2.18. The molecule has 0 bridgehead atoms. The number of rotatable bonds is 3. The van der Waals surface area contributed by atoms with Crippen molar-refractivity contribution in [3.63, 3.8) is 0 Å². The SMILES string of the molecule is CC(NC(=S)NC1CCCC1)c1ccc(Br)cc1. The Morgan fingerprint density at radius 1 is 1.28 bits per heavy atom. The lowest BCUT2D eigenvalue weighted by Crippen LogP contribution is -2.41. The van der Waals surface area contributed by atoms with Crippen molar-refractivity contribution in [3.05, 3.63) is 34.3 Å². The van der Waals surface area contributed by atoms with Crippen molar-refractivity contribution >= 4 is 33.3 Å². The second-order valence-electron chi connectivity index (χ2n) is 4.87. The van der Waals surface area contributed by atoms with E-state index >= 15 is 0 Å². The zero-order valence-corrected chi connectivity index (χ0v) is 13.0. The van der Waals surface area contributed by atoms with Gasteiger partial charge in [0.1, 0.15) is 0 Å². The predicted octanol–water partition coefficient (Wildman–Crippen LogP) is 3.92. The molecule has 2 nitrogen and oxygen atoms in total. The van der Waals surface area contributed by atoms with Crippen LogP contribution in [0, 0.1) is 0 Å². The minimum Gasteiger partial charge on any atom is -0.360 e. The van der Waals surface area contributed by atoms with Crippen LogP contribution < -0.4 is 10.6 Å². The van der Waals surface area contributed by atoms with Gasteiger partial charge in [-0.1, -0.05) is 40.9 Å². The molecule has 1 atom stereocenters. The molecule has 4 heteroatoms. The molecule has 1 aromatic rings. The molecular weight excluding hydrogens is 308 g/mol. The Morgan fingerprint density at radius 3 is 2.50 bits per heavy atom. The number of halogens is 1. The molecule has 0 heterocycles. The van der Waals surface area contributed by atoms with Gasteiger partial charge in [-0.05, 0) is 49.7 Å². The summed E-state index contributed by atoms with van der Waals surface area (Å²) in [5.41, 5.74) is 1.24. The van der Waals surface area contributed by atoms with Crippen LogP contribution in [0.3, 0.4) is 0 Å². The summed E-state index contributed by atoms with van der Waals surface area (Å²) in [6.07, 6.45) is 5.13. The van der Waals surface area contributed by atoms with Crippen LogP contribution in [0.25, 0.3) is 0 Å². The third kappa shape index (κ3) is 3.95. The molecule has 0 aromatic heterocycles. The van der Waals surface area contributed by atoms with Crippen LogP contribution in [-0.4, -0.2) is 11.2 Å². The molecule has 98 valence electrons. The summed E-state index contributed by atoms with van der Waals surface area (Å²) in [5.74, 6) is 0. The van der Waals surface area contributed by atoms with Crippen LogP contribution in [0.1, 0.15) is 44.2 Å². The number of thiocarbonyl (C=S) groups is 1. The van der Waals surface area contributed by atoms with Gasteiger partial charge in [0.25, 0.3) is 0 Å². The quantitative estimate of drug-likeness (QED) is 0.823. The lowest BCUT2D eigenvalue weighted by atomic mass is 10.1. The first-order valence-corrected chi connectivity index (χ1v) is 7.68. The first-order chi connectivity index (χ1) is 8.65. The van der Waals surface area contributed by atoms with Gasteiger partial charge in [-0.2, -0.15) is 0 Å². The van der Waals surface area contributed by atoms with Crippen molar-refractivity contribution < 1.29 is 0 Å². The third-order valence-corrected chi connectivity index (χ3v) is 4.17. The number of benzene rings is 1. The molecule has 1 aliphatic rings. The topological polar surface area (TPSA) is 24.1 Å². The Bertz CT molecular complexity index is 399. The molecule has 1 fully saturated rings. The van der Waals surface area contributed by atoms with Gasteiger partial charge in [-0.15, -0.1) is 0 Å². The lowest BCUT2D eigenvalue weighted by Gasteiger charge is -2.20. The van der Waals surface area contributed by atoms with Crippen molar-refractivity contribution in [2.75, 3.05) is 0 Å².